The van der Waals surface area contributed by atoms with Gasteiger partial charge in [0, 0.05) is 52.4 Å². The molecule has 24 heavy (non-hydrogen) atoms. The number of carbonyl (C=O) groups is 1. The lowest BCUT2D eigenvalue weighted by Crippen LogP contribution is -2.47. The highest BCUT2D eigenvalue weighted by molar-refractivity contribution is 5.70. The average Bonchev–Trinajstić information content (AvgIpc) is 2.59. The van der Waals surface area contributed by atoms with Crippen molar-refractivity contribution in [1.82, 2.24) is 10.2 Å². The zero-order valence-corrected chi connectivity index (χ0v) is 14.2. The Morgan fingerprint density at radius 2 is 2.04 bits per heavy atom. The summed E-state index contributed by atoms with van der Waals surface area (Å²) in [6.45, 7) is 6.88. The first kappa shape index (κ1) is 17.2. The highest BCUT2D eigenvalue weighted by atomic mass is 16.5. The Morgan fingerprint density at radius 3 is 2.67 bits per heavy atom. The predicted molar refractivity (Wildman–Crippen MR) is 90.1 cm³/mol. The zero-order chi connectivity index (χ0) is 16.9. The lowest BCUT2D eigenvalue weighted by Gasteiger charge is -2.41. The maximum Gasteiger partial charge on any atom is 0.308 e. The normalized spacial score (nSPS) is 21.4. The number of hydrogen-bond acceptors (Lipinski definition) is 6. The molecule has 1 aromatic rings. The van der Waals surface area contributed by atoms with Crippen LogP contribution in [-0.2, 0) is 9.53 Å². The van der Waals surface area contributed by atoms with Gasteiger partial charge in [0.25, 0.3) is 0 Å². The number of phenolic OH excluding ortho intramolecular Hbond substituents is 1. The van der Waals surface area contributed by atoms with Gasteiger partial charge in [0.05, 0.1) is 0 Å². The molecule has 0 aromatic heterocycles. The van der Waals surface area contributed by atoms with Crippen LogP contribution < -0.4 is 10.1 Å². The summed E-state index contributed by atoms with van der Waals surface area (Å²) in [6, 6.07) is 5.68. The standard InChI is InChI=1S/C18H26N2O4/c1-13(21)24-17-3-2-15(12-16(17)22)18(14-4-10-23-11-5-14)20-8-6-19-7-9-20/h2-3,12,14,18-19,22H,4-11H2,1H3/t18-/m1/s1. The molecule has 1 atom stereocenters. The summed E-state index contributed by atoms with van der Waals surface area (Å²) in [5.74, 6) is 0.323. The van der Waals surface area contributed by atoms with Crippen molar-refractivity contribution in [3.63, 3.8) is 0 Å². The van der Waals surface area contributed by atoms with Crippen LogP contribution >= 0.6 is 0 Å². The molecule has 2 fully saturated rings. The fourth-order valence-corrected chi connectivity index (χ4v) is 3.73. The van der Waals surface area contributed by atoms with Crippen LogP contribution in [0, 0.1) is 5.92 Å². The van der Waals surface area contributed by atoms with Crippen molar-refractivity contribution in [2.75, 3.05) is 39.4 Å². The van der Waals surface area contributed by atoms with Crippen molar-refractivity contribution in [2.45, 2.75) is 25.8 Å². The molecule has 0 radical (unpaired) electrons. The maximum atomic E-state index is 11.1. The Hall–Kier alpha value is -1.63. The number of hydrogen-bond donors (Lipinski definition) is 2. The molecule has 0 amide bonds. The summed E-state index contributed by atoms with van der Waals surface area (Å²) >= 11 is 0. The minimum absolute atomic E-state index is 0.0230. The van der Waals surface area contributed by atoms with Crippen LogP contribution in [0.4, 0.5) is 0 Å². The van der Waals surface area contributed by atoms with E-state index in [1.807, 2.05) is 6.07 Å². The molecule has 0 unspecified atom stereocenters. The van der Waals surface area contributed by atoms with E-state index in [2.05, 4.69) is 10.2 Å². The molecule has 0 saturated carbocycles. The summed E-state index contributed by atoms with van der Waals surface area (Å²) in [4.78, 5) is 13.6. The lowest BCUT2D eigenvalue weighted by molar-refractivity contribution is -0.132. The van der Waals surface area contributed by atoms with Crippen LogP contribution in [-0.4, -0.2) is 55.4 Å². The Bertz CT molecular complexity index is 548. The molecule has 2 heterocycles. The highest BCUT2D eigenvalue weighted by Crippen LogP contribution is 2.38. The Balaban J connectivity index is 1.86. The average molecular weight is 334 g/mol. The zero-order valence-electron chi connectivity index (χ0n) is 14.2. The number of rotatable bonds is 4. The molecule has 2 saturated heterocycles. The van der Waals surface area contributed by atoms with Crippen LogP contribution in [0.3, 0.4) is 0 Å². The molecular formula is C18H26N2O4. The predicted octanol–water partition coefficient (Wildman–Crippen LogP) is 1.69. The van der Waals surface area contributed by atoms with Gasteiger partial charge in [-0.15, -0.1) is 0 Å². The van der Waals surface area contributed by atoms with E-state index in [9.17, 15) is 9.90 Å². The SMILES string of the molecule is CC(=O)Oc1ccc([C@@H](C2CCOCC2)N2CCNCC2)cc1O. The Labute approximate surface area is 142 Å². The van der Waals surface area contributed by atoms with Crippen LogP contribution in [0.25, 0.3) is 0 Å². The van der Waals surface area contributed by atoms with Crippen LogP contribution in [0.2, 0.25) is 0 Å². The van der Waals surface area contributed by atoms with Crippen LogP contribution in [0.1, 0.15) is 31.4 Å². The number of nitrogens with zero attached hydrogens (tertiary/aromatic N) is 1. The van der Waals surface area contributed by atoms with E-state index in [0.29, 0.717) is 5.92 Å². The minimum Gasteiger partial charge on any atom is -0.504 e. The number of ether oxygens (including phenoxy) is 2. The maximum absolute atomic E-state index is 11.1. The smallest absolute Gasteiger partial charge is 0.308 e. The second-order valence-corrected chi connectivity index (χ2v) is 6.50. The molecule has 132 valence electrons. The first-order chi connectivity index (χ1) is 11.6. The number of carbonyl (C=O) groups excluding carboxylic acids is 1. The molecular weight excluding hydrogens is 308 g/mol. The Morgan fingerprint density at radius 1 is 1.33 bits per heavy atom. The topological polar surface area (TPSA) is 71.0 Å². The van der Waals surface area contributed by atoms with Gasteiger partial charge >= 0.3 is 5.97 Å². The highest BCUT2D eigenvalue weighted by Gasteiger charge is 2.31. The number of nitrogens with one attached hydrogen (secondary N) is 1. The first-order valence-electron chi connectivity index (χ1n) is 8.69. The summed E-state index contributed by atoms with van der Waals surface area (Å²) in [6.07, 6.45) is 2.06. The Kier molecular flexibility index (Phi) is 5.71. The van der Waals surface area contributed by atoms with E-state index in [1.165, 1.54) is 6.92 Å². The van der Waals surface area contributed by atoms with Crippen LogP contribution in [0.15, 0.2) is 18.2 Å². The minimum atomic E-state index is -0.430. The molecule has 2 aliphatic rings. The van der Waals surface area contributed by atoms with Crippen LogP contribution in [0.5, 0.6) is 11.5 Å². The van der Waals surface area contributed by atoms with Gasteiger partial charge in [0.1, 0.15) is 0 Å². The third-order valence-corrected chi connectivity index (χ3v) is 4.84. The van der Waals surface area contributed by atoms with E-state index in [1.54, 1.807) is 12.1 Å². The van der Waals surface area contributed by atoms with Crippen molar-refractivity contribution < 1.29 is 19.4 Å². The fraction of sp³-hybridized carbons (Fsp3) is 0.611. The van der Waals surface area contributed by atoms with Crippen molar-refractivity contribution in [2.24, 2.45) is 5.92 Å². The van der Waals surface area contributed by atoms with Gasteiger partial charge in [-0.3, -0.25) is 9.69 Å². The molecule has 3 rings (SSSR count). The van der Waals surface area contributed by atoms with Crippen molar-refractivity contribution in [3.8, 4) is 11.5 Å². The summed E-state index contributed by atoms with van der Waals surface area (Å²) < 4.78 is 10.6. The van der Waals surface area contributed by atoms with Gasteiger partial charge in [0.2, 0.25) is 0 Å². The number of piperazine rings is 1. The summed E-state index contributed by atoms with van der Waals surface area (Å²) in [7, 11) is 0. The van der Waals surface area contributed by atoms with Crippen molar-refractivity contribution in [1.29, 1.82) is 0 Å². The van der Waals surface area contributed by atoms with E-state index < -0.39 is 5.97 Å². The van der Waals surface area contributed by atoms with Crippen molar-refractivity contribution in [3.05, 3.63) is 23.8 Å². The van der Waals surface area contributed by atoms with Gasteiger partial charge in [-0.05, 0) is 36.5 Å². The van der Waals surface area contributed by atoms with Gasteiger partial charge in [-0.2, -0.15) is 0 Å². The van der Waals surface area contributed by atoms with Crippen molar-refractivity contribution >= 4 is 5.97 Å². The van der Waals surface area contributed by atoms with E-state index >= 15 is 0 Å². The molecule has 2 aliphatic heterocycles. The van der Waals surface area contributed by atoms with Gasteiger partial charge in [-0.1, -0.05) is 6.07 Å². The largest absolute Gasteiger partial charge is 0.504 e. The molecule has 0 aliphatic carbocycles. The molecule has 2 N–H and O–H groups in total. The third kappa shape index (κ3) is 4.06. The van der Waals surface area contributed by atoms with Gasteiger partial charge < -0.3 is 19.9 Å². The van der Waals surface area contributed by atoms with Gasteiger partial charge in [0.15, 0.2) is 11.5 Å². The number of benzene rings is 1. The summed E-state index contributed by atoms with van der Waals surface area (Å²) in [5, 5.41) is 13.6. The second-order valence-electron chi connectivity index (χ2n) is 6.50. The van der Waals surface area contributed by atoms with E-state index in [4.69, 9.17) is 9.47 Å². The molecule has 0 bridgehead atoms. The second kappa shape index (κ2) is 7.96. The van der Waals surface area contributed by atoms with Gasteiger partial charge in [-0.25, -0.2) is 0 Å². The number of aromatic hydroxyl groups is 1. The first-order valence-corrected chi connectivity index (χ1v) is 8.69. The molecule has 0 spiro atoms. The fourth-order valence-electron chi connectivity index (χ4n) is 3.73. The molecule has 6 nitrogen and oxygen atoms in total. The molecule has 6 heteroatoms. The van der Waals surface area contributed by atoms with E-state index in [0.717, 1.165) is 57.8 Å². The number of esters is 1. The summed E-state index contributed by atoms with van der Waals surface area (Å²) in [5.41, 5.74) is 1.08. The van der Waals surface area contributed by atoms with E-state index in [-0.39, 0.29) is 17.5 Å². The lowest BCUT2D eigenvalue weighted by atomic mass is 9.85. The molecule has 1 aromatic carbocycles. The third-order valence-electron chi connectivity index (χ3n) is 4.84. The quantitative estimate of drug-likeness (QED) is 0.645. The monoisotopic (exact) mass is 334 g/mol. The number of phenols is 1.